The second-order valence-corrected chi connectivity index (χ2v) is 5.52. The van der Waals surface area contributed by atoms with Crippen molar-refractivity contribution in [2.75, 3.05) is 19.8 Å². The highest BCUT2D eigenvalue weighted by Crippen LogP contribution is 2.22. The van der Waals surface area contributed by atoms with Crippen LogP contribution in [-0.2, 0) is 4.74 Å². The van der Waals surface area contributed by atoms with Crippen LogP contribution in [0, 0.1) is 11.8 Å². The van der Waals surface area contributed by atoms with Gasteiger partial charge in [-0.25, -0.2) is 0 Å². The molecule has 2 atom stereocenters. The van der Waals surface area contributed by atoms with Crippen molar-refractivity contribution in [1.82, 2.24) is 4.90 Å². The third kappa shape index (κ3) is 3.76. The molecule has 0 aromatic heterocycles. The van der Waals surface area contributed by atoms with E-state index in [1.165, 1.54) is 6.42 Å². The molecule has 0 saturated carbocycles. The van der Waals surface area contributed by atoms with E-state index in [-0.39, 0.29) is 0 Å². The summed E-state index contributed by atoms with van der Waals surface area (Å²) in [6.07, 6.45) is 1.27. The number of rotatable bonds is 4. The Morgan fingerprint density at radius 2 is 1.87 bits per heavy atom. The van der Waals surface area contributed by atoms with Gasteiger partial charge in [0, 0.05) is 18.6 Å². The molecule has 2 nitrogen and oxygen atoms in total. The molecule has 15 heavy (non-hydrogen) atoms. The first-order valence-corrected chi connectivity index (χ1v) is 6.35. The molecule has 0 bridgehead atoms. The van der Waals surface area contributed by atoms with Gasteiger partial charge in [-0.2, -0.15) is 0 Å². The lowest BCUT2D eigenvalue weighted by molar-refractivity contribution is -0.0315. The predicted molar refractivity (Wildman–Crippen MR) is 65.1 cm³/mol. The summed E-state index contributed by atoms with van der Waals surface area (Å²) in [5.74, 6) is 1.57. The lowest BCUT2D eigenvalue weighted by Crippen LogP contribution is -2.49. The van der Waals surface area contributed by atoms with Crippen LogP contribution in [0.1, 0.15) is 41.0 Å². The maximum atomic E-state index is 5.60. The Morgan fingerprint density at radius 1 is 1.20 bits per heavy atom. The largest absolute Gasteiger partial charge is 0.378 e. The van der Waals surface area contributed by atoms with Gasteiger partial charge in [-0.15, -0.1) is 0 Å². The summed E-state index contributed by atoms with van der Waals surface area (Å²) in [6, 6.07) is 1.29. The van der Waals surface area contributed by atoms with Gasteiger partial charge >= 0.3 is 0 Å². The Labute approximate surface area is 95.0 Å². The van der Waals surface area contributed by atoms with Gasteiger partial charge in [0.05, 0.1) is 13.2 Å². The number of ether oxygens (including phenoxy) is 1. The number of hydrogen-bond donors (Lipinski definition) is 0. The molecule has 1 fully saturated rings. The zero-order valence-electron chi connectivity index (χ0n) is 11.0. The standard InChI is InChI=1S/C13H27NO/c1-10(2)12(5)8-13-9-15-7-6-14(13)11(3)4/h10-13H,6-9H2,1-5H3. The summed E-state index contributed by atoms with van der Waals surface area (Å²) in [4.78, 5) is 2.60. The van der Waals surface area contributed by atoms with Crippen LogP contribution in [0.25, 0.3) is 0 Å². The van der Waals surface area contributed by atoms with Crippen molar-refractivity contribution < 1.29 is 4.74 Å². The van der Waals surface area contributed by atoms with E-state index >= 15 is 0 Å². The summed E-state index contributed by atoms with van der Waals surface area (Å²) in [7, 11) is 0. The number of morpholine rings is 1. The van der Waals surface area contributed by atoms with Crippen LogP contribution in [0.4, 0.5) is 0 Å². The molecule has 0 spiro atoms. The summed E-state index contributed by atoms with van der Waals surface area (Å²) in [6.45, 7) is 14.5. The molecule has 1 saturated heterocycles. The molecule has 0 aliphatic carbocycles. The van der Waals surface area contributed by atoms with Crippen LogP contribution < -0.4 is 0 Å². The maximum Gasteiger partial charge on any atom is 0.0622 e. The third-order valence-electron chi connectivity index (χ3n) is 3.72. The van der Waals surface area contributed by atoms with Crippen LogP contribution >= 0.6 is 0 Å². The van der Waals surface area contributed by atoms with Crippen LogP contribution in [-0.4, -0.2) is 36.7 Å². The molecule has 1 heterocycles. The van der Waals surface area contributed by atoms with Crippen molar-refractivity contribution in [3.05, 3.63) is 0 Å². The molecule has 90 valence electrons. The molecular weight excluding hydrogens is 186 g/mol. The van der Waals surface area contributed by atoms with Crippen LogP contribution in [0.5, 0.6) is 0 Å². The maximum absolute atomic E-state index is 5.60. The SMILES string of the molecule is CC(C)C(C)CC1COCCN1C(C)C. The van der Waals surface area contributed by atoms with Crippen molar-refractivity contribution in [2.24, 2.45) is 11.8 Å². The first kappa shape index (κ1) is 13.0. The zero-order chi connectivity index (χ0) is 11.4. The molecule has 2 unspecified atom stereocenters. The quantitative estimate of drug-likeness (QED) is 0.712. The van der Waals surface area contributed by atoms with Crippen molar-refractivity contribution in [1.29, 1.82) is 0 Å². The molecule has 2 heteroatoms. The Hall–Kier alpha value is -0.0800. The first-order valence-electron chi connectivity index (χ1n) is 6.35. The van der Waals surface area contributed by atoms with Gasteiger partial charge in [0.25, 0.3) is 0 Å². The second kappa shape index (κ2) is 5.86. The van der Waals surface area contributed by atoms with E-state index in [4.69, 9.17) is 4.74 Å². The predicted octanol–water partition coefficient (Wildman–Crippen LogP) is 2.78. The first-order chi connectivity index (χ1) is 7.02. The minimum atomic E-state index is 0.635. The van der Waals surface area contributed by atoms with Gasteiger partial charge < -0.3 is 4.74 Å². The molecule has 0 radical (unpaired) electrons. The Morgan fingerprint density at radius 3 is 2.40 bits per heavy atom. The van der Waals surface area contributed by atoms with Crippen molar-refractivity contribution in [3.8, 4) is 0 Å². The van der Waals surface area contributed by atoms with E-state index in [1.54, 1.807) is 0 Å². The van der Waals surface area contributed by atoms with E-state index in [0.717, 1.165) is 31.6 Å². The van der Waals surface area contributed by atoms with E-state index in [0.29, 0.717) is 12.1 Å². The highest BCUT2D eigenvalue weighted by Gasteiger charge is 2.26. The highest BCUT2D eigenvalue weighted by atomic mass is 16.5. The minimum Gasteiger partial charge on any atom is -0.378 e. The molecular formula is C13H27NO. The zero-order valence-corrected chi connectivity index (χ0v) is 11.0. The fourth-order valence-electron chi connectivity index (χ4n) is 2.25. The van der Waals surface area contributed by atoms with Crippen LogP contribution in [0.3, 0.4) is 0 Å². The van der Waals surface area contributed by atoms with Gasteiger partial charge in [-0.05, 0) is 32.1 Å². The normalized spacial score (nSPS) is 26.2. The fourth-order valence-corrected chi connectivity index (χ4v) is 2.25. The Bertz CT molecular complexity index is 179. The minimum absolute atomic E-state index is 0.635. The van der Waals surface area contributed by atoms with E-state index in [2.05, 4.69) is 39.5 Å². The second-order valence-electron chi connectivity index (χ2n) is 5.52. The third-order valence-corrected chi connectivity index (χ3v) is 3.72. The summed E-state index contributed by atoms with van der Waals surface area (Å²) >= 11 is 0. The van der Waals surface area contributed by atoms with Gasteiger partial charge in [0.1, 0.15) is 0 Å². The highest BCUT2D eigenvalue weighted by molar-refractivity contribution is 4.80. The Balaban J connectivity index is 2.49. The summed E-state index contributed by atoms with van der Waals surface area (Å²) < 4.78 is 5.60. The van der Waals surface area contributed by atoms with E-state index in [9.17, 15) is 0 Å². The van der Waals surface area contributed by atoms with Crippen LogP contribution in [0.15, 0.2) is 0 Å². The molecule has 0 aromatic carbocycles. The van der Waals surface area contributed by atoms with Gasteiger partial charge in [0.15, 0.2) is 0 Å². The average Bonchev–Trinajstić information content (AvgIpc) is 2.18. The van der Waals surface area contributed by atoms with Gasteiger partial charge in [0.2, 0.25) is 0 Å². The Kier molecular flexibility index (Phi) is 5.07. The monoisotopic (exact) mass is 213 g/mol. The van der Waals surface area contributed by atoms with E-state index < -0.39 is 0 Å². The number of hydrogen-bond acceptors (Lipinski definition) is 2. The summed E-state index contributed by atoms with van der Waals surface area (Å²) in [5, 5.41) is 0. The molecule has 1 aliphatic heterocycles. The average molecular weight is 213 g/mol. The fraction of sp³-hybridized carbons (Fsp3) is 1.00. The molecule has 1 rings (SSSR count). The summed E-state index contributed by atoms with van der Waals surface area (Å²) in [5.41, 5.74) is 0. The number of nitrogens with zero attached hydrogens (tertiary/aromatic N) is 1. The van der Waals surface area contributed by atoms with E-state index in [1.807, 2.05) is 0 Å². The topological polar surface area (TPSA) is 12.5 Å². The van der Waals surface area contributed by atoms with Crippen molar-refractivity contribution >= 4 is 0 Å². The van der Waals surface area contributed by atoms with Gasteiger partial charge in [-0.1, -0.05) is 20.8 Å². The van der Waals surface area contributed by atoms with Crippen molar-refractivity contribution in [3.63, 3.8) is 0 Å². The van der Waals surface area contributed by atoms with Crippen molar-refractivity contribution in [2.45, 2.75) is 53.1 Å². The molecule has 0 amide bonds. The molecule has 1 aliphatic rings. The smallest absolute Gasteiger partial charge is 0.0622 e. The van der Waals surface area contributed by atoms with Gasteiger partial charge in [-0.3, -0.25) is 4.90 Å². The lowest BCUT2D eigenvalue weighted by Gasteiger charge is -2.40. The lowest BCUT2D eigenvalue weighted by atomic mass is 9.90. The molecule has 0 aromatic rings. The van der Waals surface area contributed by atoms with Crippen LogP contribution in [0.2, 0.25) is 0 Å². The molecule has 0 N–H and O–H groups in total.